The summed E-state index contributed by atoms with van der Waals surface area (Å²) in [6.07, 6.45) is 6.30. The number of fused-ring (bicyclic) bond motifs is 1. The van der Waals surface area contributed by atoms with Crippen LogP contribution in [0.3, 0.4) is 0 Å². The van der Waals surface area contributed by atoms with Gasteiger partial charge in [-0.15, -0.1) is 0 Å². The van der Waals surface area contributed by atoms with Crippen molar-refractivity contribution in [2.45, 2.75) is 64.0 Å². The average molecular weight is 227 g/mol. The van der Waals surface area contributed by atoms with Crippen LogP contribution in [0.5, 0.6) is 0 Å². The molecule has 0 aromatic rings. The molecule has 0 aromatic heterocycles. The lowest BCUT2D eigenvalue weighted by atomic mass is 9.81. The summed E-state index contributed by atoms with van der Waals surface area (Å²) in [5.74, 6) is 0.471. The maximum Gasteiger partial charge on any atom is 0.154 e. The molecule has 0 bridgehead atoms. The molecule has 1 aliphatic heterocycles. The van der Waals surface area contributed by atoms with Crippen LogP contribution >= 0.6 is 0 Å². The van der Waals surface area contributed by atoms with Crippen molar-refractivity contribution in [3.63, 3.8) is 0 Å². The Bertz CT molecular complexity index is 281. The van der Waals surface area contributed by atoms with E-state index in [1.54, 1.807) is 6.92 Å². The van der Waals surface area contributed by atoms with Gasteiger partial charge in [0.25, 0.3) is 0 Å². The molecule has 0 amide bonds. The van der Waals surface area contributed by atoms with Crippen LogP contribution in [-0.2, 0) is 9.63 Å². The summed E-state index contributed by atoms with van der Waals surface area (Å²) in [4.78, 5) is 17.2. The van der Waals surface area contributed by atoms with Gasteiger partial charge in [0.1, 0.15) is 5.54 Å². The fourth-order valence-corrected chi connectivity index (χ4v) is 2.76. The first-order valence-electron chi connectivity index (χ1n) is 6.21. The lowest BCUT2D eigenvalue weighted by molar-refractivity contribution is -0.395. The van der Waals surface area contributed by atoms with E-state index >= 15 is 0 Å². The van der Waals surface area contributed by atoms with E-state index in [1.165, 1.54) is 13.3 Å². The number of nitrogens with zero attached hydrogens (tertiary/aromatic N) is 1. The monoisotopic (exact) mass is 227 g/mol. The van der Waals surface area contributed by atoms with Crippen LogP contribution in [0.15, 0.2) is 0 Å². The fourth-order valence-electron chi connectivity index (χ4n) is 2.76. The van der Waals surface area contributed by atoms with Crippen LogP contribution in [0.2, 0.25) is 0 Å². The van der Waals surface area contributed by atoms with Gasteiger partial charge in [-0.2, -0.15) is 0 Å². The number of ketones is 1. The first kappa shape index (κ1) is 12.0. The fraction of sp³-hybridized carbons (Fsp3) is 0.917. The Morgan fingerprint density at radius 3 is 2.75 bits per heavy atom. The Morgan fingerprint density at radius 2 is 2.06 bits per heavy atom. The summed E-state index contributed by atoms with van der Waals surface area (Å²) in [5, 5.41) is 10.7. The third-order valence-corrected chi connectivity index (χ3v) is 4.26. The Morgan fingerprint density at radius 1 is 1.38 bits per heavy atom. The molecule has 2 aliphatic rings. The molecule has 92 valence electrons. The predicted molar refractivity (Wildman–Crippen MR) is 58.8 cm³/mol. The molecule has 1 saturated carbocycles. The molecule has 0 aromatic carbocycles. The normalized spacial score (nSPS) is 41.2. The van der Waals surface area contributed by atoms with Crippen molar-refractivity contribution in [1.82, 2.24) is 5.23 Å². The Hall–Kier alpha value is -0.450. The first-order valence-corrected chi connectivity index (χ1v) is 6.21. The van der Waals surface area contributed by atoms with Crippen molar-refractivity contribution >= 4 is 5.78 Å². The van der Waals surface area contributed by atoms with Crippen LogP contribution in [0.4, 0.5) is 0 Å². The Kier molecular flexibility index (Phi) is 3.33. The van der Waals surface area contributed by atoms with Crippen LogP contribution in [0, 0.1) is 5.92 Å². The van der Waals surface area contributed by atoms with Gasteiger partial charge in [0, 0.05) is 0 Å². The van der Waals surface area contributed by atoms with Gasteiger partial charge in [-0.3, -0.25) is 14.8 Å². The van der Waals surface area contributed by atoms with Crippen LogP contribution < -0.4 is 0 Å². The van der Waals surface area contributed by atoms with Gasteiger partial charge in [0.2, 0.25) is 0 Å². The number of carbonyl (C=O) groups excluding carboxylic acids is 1. The molecule has 16 heavy (non-hydrogen) atoms. The zero-order valence-corrected chi connectivity index (χ0v) is 10.1. The van der Waals surface area contributed by atoms with Gasteiger partial charge < -0.3 is 0 Å². The minimum Gasteiger partial charge on any atom is -0.298 e. The van der Waals surface area contributed by atoms with Crippen molar-refractivity contribution < 1.29 is 14.8 Å². The predicted octanol–water partition coefficient (Wildman–Crippen LogP) is 2.31. The highest BCUT2D eigenvalue weighted by Crippen LogP contribution is 2.37. The third kappa shape index (κ3) is 2.01. The van der Waals surface area contributed by atoms with Crippen LogP contribution in [0.25, 0.3) is 0 Å². The summed E-state index contributed by atoms with van der Waals surface area (Å²) in [7, 11) is 0. The van der Waals surface area contributed by atoms with E-state index in [0.717, 1.165) is 30.9 Å². The minimum atomic E-state index is -0.864. The highest BCUT2D eigenvalue weighted by atomic mass is 16.9. The van der Waals surface area contributed by atoms with E-state index in [2.05, 4.69) is 0 Å². The molecule has 2 unspecified atom stereocenters. The van der Waals surface area contributed by atoms with Crippen molar-refractivity contribution in [1.29, 1.82) is 0 Å². The minimum absolute atomic E-state index is 0.0337. The molecule has 0 radical (unpaired) electrons. The summed E-state index contributed by atoms with van der Waals surface area (Å²) < 4.78 is 0. The van der Waals surface area contributed by atoms with Gasteiger partial charge in [0.15, 0.2) is 5.78 Å². The summed E-state index contributed by atoms with van der Waals surface area (Å²) in [6, 6.07) is 0. The standard InChI is InChI=1S/C12H21NO3/c1-9(14)12(2)8-7-10-5-3-4-6-11(10)16-13(12)15/h10-11,15H,3-8H2,1-2H3/t10?,11-,12?/m0/s1. The smallest absolute Gasteiger partial charge is 0.154 e. The first-order chi connectivity index (χ1) is 7.54. The zero-order valence-electron chi connectivity index (χ0n) is 10.1. The SMILES string of the molecule is CC(=O)C1(C)CCC2CCCC[C@@H]2ON1O. The molecular weight excluding hydrogens is 206 g/mol. The largest absolute Gasteiger partial charge is 0.298 e. The Balaban J connectivity index is 2.14. The number of hydroxylamine groups is 2. The molecule has 0 spiro atoms. The maximum atomic E-state index is 11.6. The molecule has 1 N–H and O–H groups in total. The molecular formula is C12H21NO3. The second-order valence-electron chi connectivity index (χ2n) is 5.33. The van der Waals surface area contributed by atoms with E-state index in [9.17, 15) is 10.0 Å². The molecule has 2 rings (SSSR count). The molecule has 4 heteroatoms. The third-order valence-electron chi connectivity index (χ3n) is 4.26. The number of hydrogen-bond donors (Lipinski definition) is 1. The van der Waals surface area contributed by atoms with Gasteiger partial charge in [0.05, 0.1) is 6.10 Å². The maximum absolute atomic E-state index is 11.6. The van der Waals surface area contributed by atoms with Crippen LogP contribution in [0.1, 0.15) is 52.4 Å². The van der Waals surface area contributed by atoms with Gasteiger partial charge in [-0.05, 0) is 45.4 Å². The lowest BCUT2D eigenvalue weighted by Gasteiger charge is -2.33. The summed E-state index contributed by atoms with van der Waals surface area (Å²) >= 11 is 0. The van der Waals surface area contributed by atoms with Crippen molar-refractivity contribution in [2.75, 3.05) is 0 Å². The number of carbonyl (C=O) groups is 1. The van der Waals surface area contributed by atoms with Gasteiger partial charge in [-0.25, -0.2) is 0 Å². The van der Waals surface area contributed by atoms with E-state index in [1.807, 2.05) is 0 Å². The molecule has 2 fully saturated rings. The van der Waals surface area contributed by atoms with Crippen molar-refractivity contribution in [3.8, 4) is 0 Å². The second kappa shape index (κ2) is 4.43. The van der Waals surface area contributed by atoms with E-state index in [-0.39, 0.29) is 11.9 Å². The second-order valence-corrected chi connectivity index (χ2v) is 5.33. The highest BCUT2D eigenvalue weighted by Gasteiger charge is 2.44. The molecule has 1 aliphatic carbocycles. The van der Waals surface area contributed by atoms with Gasteiger partial charge in [-0.1, -0.05) is 18.1 Å². The van der Waals surface area contributed by atoms with Crippen molar-refractivity contribution in [3.05, 3.63) is 0 Å². The number of hydrogen-bond acceptors (Lipinski definition) is 4. The average Bonchev–Trinajstić information content (AvgIpc) is 2.38. The van der Waals surface area contributed by atoms with Crippen molar-refractivity contribution in [2.24, 2.45) is 5.92 Å². The van der Waals surface area contributed by atoms with Crippen LogP contribution in [-0.4, -0.2) is 27.9 Å². The molecule has 1 saturated heterocycles. The lowest BCUT2D eigenvalue weighted by Crippen LogP contribution is -2.49. The molecule has 1 heterocycles. The number of Topliss-reactive ketones (excluding diaryl/α,β-unsaturated/α-hetero) is 1. The molecule has 4 nitrogen and oxygen atoms in total. The topological polar surface area (TPSA) is 49.8 Å². The summed E-state index contributed by atoms with van der Waals surface area (Å²) in [6.45, 7) is 3.27. The Labute approximate surface area is 96.5 Å². The van der Waals surface area contributed by atoms with E-state index < -0.39 is 5.54 Å². The quantitative estimate of drug-likeness (QED) is 0.746. The molecule has 3 atom stereocenters. The van der Waals surface area contributed by atoms with Gasteiger partial charge >= 0.3 is 0 Å². The number of rotatable bonds is 1. The zero-order chi connectivity index (χ0) is 11.8. The summed E-state index contributed by atoms with van der Waals surface area (Å²) in [5.41, 5.74) is -0.864. The van der Waals surface area contributed by atoms with E-state index in [4.69, 9.17) is 4.84 Å². The highest BCUT2D eigenvalue weighted by molar-refractivity contribution is 5.85. The van der Waals surface area contributed by atoms with E-state index in [0.29, 0.717) is 12.3 Å².